The average Bonchev–Trinajstić information content (AvgIpc) is 2.38. The fourth-order valence-electron chi connectivity index (χ4n) is 1.58. The highest BCUT2D eigenvalue weighted by Gasteiger charge is 2.15. The number of hydrogen-bond acceptors (Lipinski definition) is 4. The van der Waals surface area contributed by atoms with Gasteiger partial charge in [0.1, 0.15) is 11.3 Å². The first kappa shape index (κ1) is 11.9. The Morgan fingerprint density at radius 2 is 2.12 bits per heavy atom. The SMILES string of the molecule is COC(=O)c1cnc2c(OC)cccc2c1Br. The molecule has 0 fully saturated rings. The molecule has 2 rings (SSSR count). The molecule has 4 nitrogen and oxygen atoms in total. The first-order valence-corrected chi connectivity index (χ1v) is 5.68. The van der Waals surface area contributed by atoms with E-state index in [1.165, 1.54) is 13.3 Å². The number of hydrogen-bond donors (Lipinski definition) is 0. The van der Waals surface area contributed by atoms with Crippen LogP contribution in [0.2, 0.25) is 0 Å². The lowest BCUT2D eigenvalue weighted by atomic mass is 10.1. The lowest BCUT2D eigenvalue weighted by Crippen LogP contribution is -2.03. The van der Waals surface area contributed by atoms with E-state index < -0.39 is 5.97 Å². The quantitative estimate of drug-likeness (QED) is 0.800. The van der Waals surface area contributed by atoms with Crippen molar-refractivity contribution < 1.29 is 14.3 Å². The van der Waals surface area contributed by atoms with Crippen molar-refractivity contribution in [1.82, 2.24) is 4.98 Å². The number of nitrogens with zero attached hydrogens (tertiary/aromatic N) is 1. The lowest BCUT2D eigenvalue weighted by molar-refractivity contribution is 0.0599. The van der Waals surface area contributed by atoms with Crippen molar-refractivity contribution >= 4 is 32.8 Å². The standard InChI is InChI=1S/C12H10BrNO3/c1-16-9-5-3-4-7-10(13)8(12(15)17-2)6-14-11(7)9/h3-6H,1-2H3. The molecule has 1 aromatic carbocycles. The zero-order valence-electron chi connectivity index (χ0n) is 9.36. The number of ether oxygens (including phenoxy) is 2. The minimum Gasteiger partial charge on any atom is -0.494 e. The summed E-state index contributed by atoms with van der Waals surface area (Å²) in [6, 6.07) is 5.52. The van der Waals surface area contributed by atoms with Gasteiger partial charge in [-0.2, -0.15) is 0 Å². The number of aromatic nitrogens is 1. The number of pyridine rings is 1. The summed E-state index contributed by atoms with van der Waals surface area (Å²) in [5, 5.41) is 0.812. The van der Waals surface area contributed by atoms with E-state index in [1.807, 2.05) is 18.2 Å². The van der Waals surface area contributed by atoms with Gasteiger partial charge >= 0.3 is 5.97 Å². The van der Waals surface area contributed by atoms with Crippen LogP contribution >= 0.6 is 15.9 Å². The number of fused-ring (bicyclic) bond motifs is 1. The maximum Gasteiger partial charge on any atom is 0.340 e. The van der Waals surface area contributed by atoms with Crippen LogP contribution in [0.3, 0.4) is 0 Å². The highest BCUT2D eigenvalue weighted by atomic mass is 79.9. The zero-order valence-corrected chi connectivity index (χ0v) is 10.9. The van der Waals surface area contributed by atoms with Crippen LogP contribution in [0, 0.1) is 0 Å². The van der Waals surface area contributed by atoms with E-state index in [-0.39, 0.29) is 0 Å². The fraction of sp³-hybridized carbons (Fsp3) is 0.167. The molecule has 1 heterocycles. The van der Waals surface area contributed by atoms with Crippen molar-refractivity contribution in [2.45, 2.75) is 0 Å². The zero-order chi connectivity index (χ0) is 12.4. The Morgan fingerprint density at radius 3 is 2.76 bits per heavy atom. The normalized spacial score (nSPS) is 10.3. The van der Waals surface area contributed by atoms with Gasteiger partial charge < -0.3 is 9.47 Å². The van der Waals surface area contributed by atoms with Crippen LogP contribution in [0.4, 0.5) is 0 Å². The summed E-state index contributed by atoms with van der Waals surface area (Å²) in [5.41, 5.74) is 1.10. The first-order valence-electron chi connectivity index (χ1n) is 4.88. The summed E-state index contributed by atoms with van der Waals surface area (Å²) < 4.78 is 10.6. The molecule has 0 unspecified atom stereocenters. The Bertz CT molecular complexity index is 583. The van der Waals surface area contributed by atoms with Gasteiger partial charge in [-0.25, -0.2) is 4.79 Å². The number of carbonyl (C=O) groups is 1. The molecule has 0 aliphatic carbocycles. The Hall–Kier alpha value is -1.62. The first-order chi connectivity index (χ1) is 8.19. The van der Waals surface area contributed by atoms with E-state index in [4.69, 9.17) is 4.74 Å². The molecule has 1 aromatic heterocycles. The topological polar surface area (TPSA) is 48.4 Å². The second kappa shape index (κ2) is 4.71. The predicted molar refractivity (Wildman–Crippen MR) is 67.3 cm³/mol. The van der Waals surface area contributed by atoms with Crippen LogP contribution < -0.4 is 4.74 Å². The summed E-state index contributed by atoms with van der Waals surface area (Å²) in [4.78, 5) is 15.7. The van der Waals surface area contributed by atoms with Gasteiger partial charge in [-0.15, -0.1) is 0 Å². The van der Waals surface area contributed by atoms with Crippen LogP contribution in [0.25, 0.3) is 10.9 Å². The number of methoxy groups -OCH3 is 2. The smallest absolute Gasteiger partial charge is 0.340 e. The second-order valence-corrected chi connectivity index (χ2v) is 4.13. The molecule has 0 aliphatic heterocycles. The van der Waals surface area contributed by atoms with E-state index in [0.717, 1.165) is 5.39 Å². The molecule has 0 N–H and O–H groups in total. The van der Waals surface area contributed by atoms with Crippen LogP contribution in [0.1, 0.15) is 10.4 Å². The van der Waals surface area contributed by atoms with Crippen molar-refractivity contribution in [3.8, 4) is 5.75 Å². The van der Waals surface area contributed by atoms with Crippen molar-refractivity contribution in [1.29, 1.82) is 0 Å². The molecule has 0 spiro atoms. The Kier molecular flexibility index (Phi) is 3.28. The molecule has 0 atom stereocenters. The van der Waals surface area contributed by atoms with Crippen LogP contribution in [-0.2, 0) is 4.74 Å². The average molecular weight is 296 g/mol. The second-order valence-electron chi connectivity index (χ2n) is 3.33. The predicted octanol–water partition coefficient (Wildman–Crippen LogP) is 2.79. The number of rotatable bonds is 2. The van der Waals surface area contributed by atoms with E-state index in [1.54, 1.807) is 7.11 Å². The molecule has 17 heavy (non-hydrogen) atoms. The number of halogens is 1. The highest BCUT2D eigenvalue weighted by molar-refractivity contribution is 9.10. The molecule has 5 heteroatoms. The molecule has 0 saturated carbocycles. The number of esters is 1. The Balaban J connectivity index is 2.72. The molecule has 0 amide bonds. The minimum absolute atomic E-state index is 0.397. The Labute approximate surface area is 107 Å². The van der Waals surface area contributed by atoms with E-state index in [2.05, 4.69) is 25.7 Å². The third kappa shape index (κ3) is 1.98. The van der Waals surface area contributed by atoms with Gasteiger partial charge in [-0.05, 0) is 22.0 Å². The molecule has 0 aliphatic rings. The maximum atomic E-state index is 11.5. The summed E-state index contributed by atoms with van der Waals surface area (Å²) in [5.74, 6) is 0.244. The molecule has 0 bridgehead atoms. The van der Waals surface area contributed by atoms with Gasteiger partial charge in [0.15, 0.2) is 0 Å². The summed E-state index contributed by atoms with van der Waals surface area (Å²) in [6.07, 6.45) is 1.47. The molecule has 0 saturated heterocycles. The van der Waals surface area contributed by atoms with Crippen molar-refractivity contribution in [3.05, 3.63) is 34.4 Å². The molecule has 0 radical (unpaired) electrons. The van der Waals surface area contributed by atoms with Gasteiger partial charge in [-0.3, -0.25) is 4.98 Å². The van der Waals surface area contributed by atoms with Crippen molar-refractivity contribution in [3.63, 3.8) is 0 Å². The summed E-state index contributed by atoms with van der Waals surface area (Å²) >= 11 is 3.39. The maximum absolute atomic E-state index is 11.5. The van der Waals surface area contributed by atoms with Gasteiger partial charge in [0, 0.05) is 16.1 Å². The van der Waals surface area contributed by atoms with E-state index in [9.17, 15) is 4.79 Å². The molecular weight excluding hydrogens is 286 g/mol. The highest BCUT2D eigenvalue weighted by Crippen LogP contribution is 2.31. The molecule has 88 valence electrons. The minimum atomic E-state index is -0.422. The third-order valence-corrected chi connectivity index (χ3v) is 3.27. The van der Waals surface area contributed by atoms with Crippen LogP contribution in [0.5, 0.6) is 5.75 Å². The summed E-state index contributed by atoms with van der Waals surface area (Å²) in [7, 11) is 2.92. The number of carbonyl (C=O) groups excluding carboxylic acids is 1. The van der Waals surface area contributed by atoms with E-state index >= 15 is 0 Å². The monoisotopic (exact) mass is 295 g/mol. The van der Waals surface area contributed by atoms with Crippen LogP contribution in [0.15, 0.2) is 28.9 Å². The van der Waals surface area contributed by atoms with Crippen LogP contribution in [-0.4, -0.2) is 25.2 Å². The fourth-order valence-corrected chi connectivity index (χ4v) is 2.16. The number of para-hydroxylation sites is 1. The van der Waals surface area contributed by atoms with Crippen molar-refractivity contribution in [2.24, 2.45) is 0 Å². The van der Waals surface area contributed by atoms with Gasteiger partial charge in [-0.1, -0.05) is 12.1 Å². The van der Waals surface area contributed by atoms with Crippen molar-refractivity contribution in [2.75, 3.05) is 14.2 Å². The number of benzene rings is 1. The lowest BCUT2D eigenvalue weighted by Gasteiger charge is -2.08. The largest absolute Gasteiger partial charge is 0.494 e. The van der Waals surface area contributed by atoms with Gasteiger partial charge in [0.05, 0.1) is 19.8 Å². The third-order valence-electron chi connectivity index (χ3n) is 2.42. The summed E-state index contributed by atoms with van der Waals surface area (Å²) in [6.45, 7) is 0. The Morgan fingerprint density at radius 1 is 1.35 bits per heavy atom. The molecule has 2 aromatic rings. The molecular formula is C12H10BrNO3. The van der Waals surface area contributed by atoms with E-state index in [0.29, 0.717) is 21.3 Å². The van der Waals surface area contributed by atoms with Gasteiger partial charge in [0.2, 0.25) is 0 Å². The van der Waals surface area contributed by atoms with Gasteiger partial charge in [0.25, 0.3) is 0 Å².